The lowest BCUT2D eigenvalue weighted by atomic mass is 9.99. The average molecular weight is 125 g/mol. The summed E-state index contributed by atoms with van der Waals surface area (Å²) >= 11 is 0. The topological polar surface area (TPSA) is 23.8 Å². The third kappa shape index (κ3) is 1.53. The van der Waals surface area contributed by atoms with Crippen LogP contribution in [0.4, 0.5) is 4.39 Å². The highest BCUT2D eigenvalue weighted by molar-refractivity contribution is 5.22. The molecule has 0 N–H and O–H groups in total. The normalized spacial score (nSPS) is 26.7. The Morgan fingerprint density at radius 2 is 2.56 bits per heavy atom. The van der Waals surface area contributed by atoms with Crippen LogP contribution in [0.1, 0.15) is 19.3 Å². The van der Waals surface area contributed by atoms with E-state index < -0.39 is 6.17 Å². The zero-order chi connectivity index (χ0) is 6.69. The van der Waals surface area contributed by atoms with Gasteiger partial charge in [0, 0.05) is 12.0 Å². The number of hydrogen-bond acceptors (Lipinski definition) is 1. The van der Waals surface area contributed by atoms with Crippen LogP contribution in [0.25, 0.3) is 0 Å². The monoisotopic (exact) mass is 125 g/mol. The molecule has 0 aliphatic heterocycles. The second kappa shape index (κ2) is 2.63. The van der Waals surface area contributed by atoms with Crippen molar-refractivity contribution in [1.29, 1.82) is 5.26 Å². The molecule has 0 spiro atoms. The van der Waals surface area contributed by atoms with Gasteiger partial charge in [-0.05, 0) is 12.8 Å². The Morgan fingerprint density at radius 3 is 3.00 bits per heavy atom. The van der Waals surface area contributed by atoms with E-state index in [4.69, 9.17) is 5.26 Å². The van der Waals surface area contributed by atoms with Gasteiger partial charge in [-0.1, -0.05) is 6.08 Å². The molecule has 1 aliphatic rings. The second-order valence-corrected chi connectivity index (χ2v) is 2.22. The van der Waals surface area contributed by atoms with E-state index in [1.807, 2.05) is 12.1 Å². The summed E-state index contributed by atoms with van der Waals surface area (Å²) in [6.45, 7) is 0. The number of nitrogens with zero attached hydrogens (tertiary/aromatic N) is 1. The van der Waals surface area contributed by atoms with E-state index in [9.17, 15) is 4.39 Å². The third-order valence-electron chi connectivity index (χ3n) is 1.46. The number of alkyl halides is 1. The zero-order valence-corrected chi connectivity index (χ0v) is 5.10. The van der Waals surface area contributed by atoms with Crippen molar-refractivity contribution < 1.29 is 4.39 Å². The van der Waals surface area contributed by atoms with Crippen molar-refractivity contribution in [2.45, 2.75) is 25.4 Å². The summed E-state index contributed by atoms with van der Waals surface area (Å²) in [6.07, 6.45) is 2.69. The van der Waals surface area contributed by atoms with Gasteiger partial charge in [0.15, 0.2) is 0 Å². The lowest BCUT2D eigenvalue weighted by molar-refractivity contribution is 0.307. The number of nitriles is 1. The smallest absolute Gasteiger partial charge is 0.105 e. The average Bonchev–Trinajstić information content (AvgIpc) is 1.88. The maximum atomic E-state index is 12.4. The van der Waals surface area contributed by atoms with Gasteiger partial charge < -0.3 is 0 Å². The summed E-state index contributed by atoms with van der Waals surface area (Å²) in [5.74, 6) is 0. The van der Waals surface area contributed by atoms with Gasteiger partial charge in [-0.15, -0.1) is 0 Å². The third-order valence-corrected chi connectivity index (χ3v) is 1.46. The standard InChI is InChI=1S/C7H8FN/c8-7-3-1-2-6(4-7)5-9/h2,7H,1,3-4H2. The zero-order valence-electron chi connectivity index (χ0n) is 5.10. The molecule has 1 nitrogen and oxygen atoms in total. The van der Waals surface area contributed by atoms with Crippen LogP contribution < -0.4 is 0 Å². The SMILES string of the molecule is N#CC1=CCCC(F)C1. The Bertz CT molecular complexity index is 166. The van der Waals surface area contributed by atoms with Gasteiger partial charge >= 0.3 is 0 Å². The molecule has 0 radical (unpaired) electrons. The minimum Gasteiger partial charge on any atom is -0.247 e. The van der Waals surface area contributed by atoms with E-state index in [1.54, 1.807) is 0 Å². The van der Waals surface area contributed by atoms with Crippen molar-refractivity contribution >= 4 is 0 Å². The highest BCUT2D eigenvalue weighted by Crippen LogP contribution is 2.19. The van der Waals surface area contributed by atoms with Crippen LogP contribution in [0, 0.1) is 11.3 Å². The van der Waals surface area contributed by atoms with Crippen LogP contribution in [0.3, 0.4) is 0 Å². The molecule has 1 rings (SSSR count). The minimum atomic E-state index is -0.773. The Labute approximate surface area is 53.8 Å². The van der Waals surface area contributed by atoms with Crippen LogP contribution in [-0.2, 0) is 0 Å². The number of rotatable bonds is 0. The molecular weight excluding hydrogens is 117 g/mol. The van der Waals surface area contributed by atoms with Crippen molar-refractivity contribution in [3.63, 3.8) is 0 Å². The van der Waals surface area contributed by atoms with E-state index in [1.165, 1.54) is 0 Å². The molecule has 48 valence electrons. The number of allylic oxidation sites excluding steroid dienone is 2. The Morgan fingerprint density at radius 1 is 1.78 bits per heavy atom. The summed E-state index contributed by atoms with van der Waals surface area (Å²) in [7, 11) is 0. The largest absolute Gasteiger partial charge is 0.247 e. The van der Waals surface area contributed by atoms with Crippen molar-refractivity contribution in [3.05, 3.63) is 11.6 Å². The molecule has 0 aromatic heterocycles. The molecular formula is C7H8FN. The van der Waals surface area contributed by atoms with E-state index in [0.717, 1.165) is 6.42 Å². The first kappa shape index (κ1) is 6.28. The minimum absolute atomic E-state index is 0.330. The van der Waals surface area contributed by atoms with Gasteiger partial charge in [0.05, 0.1) is 6.07 Å². The van der Waals surface area contributed by atoms with E-state index in [0.29, 0.717) is 18.4 Å². The van der Waals surface area contributed by atoms with Crippen LogP contribution in [0.15, 0.2) is 11.6 Å². The summed E-state index contributed by atoms with van der Waals surface area (Å²) in [5.41, 5.74) is 0.605. The predicted octanol–water partition coefficient (Wildman–Crippen LogP) is 1.96. The van der Waals surface area contributed by atoms with Crippen molar-refractivity contribution in [2.75, 3.05) is 0 Å². The molecule has 0 saturated carbocycles. The Hall–Kier alpha value is -0.840. The quantitative estimate of drug-likeness (QED) is 0.485. The number of hydrogen-bond donors (Lipinski definition) is 0. The summed E-state index contributed by atoms with van der Waals surface area (Å²) in [5, 5.41) is 8.32. The van der Waals surface area contributed by atoms with E-state index in [-0.39, 0.29) is 0 Å². The number of halogens is 1. The molecule has 0 fully saturated rings. The predicted molar refractivity (Wildman–Crippen MR) is 32.4 cm³/mol. The fourth-order valence-electron chi connectivity index (χ4n) is 0.954. The molecule has 1 aliphatic carbocycles. The van der Waals surface area contributed by atoms with Crippen LogP contribution >= 0.6 is 0 Å². The highest BCUT2D eigenvalue weighted by atomic mass is 19.1. The summed E-state index contributed by atoms with van der Waals surface area (Å²) in [4.78, 5) is 0. The van der Waals surface area contributed by atoms with Gasteiger partial charge in [-0.2, -0.15) is 5.26 Å². The Balaban J connectivity index is 2.56. The molecule has 0 aromatic rings. The fraction of sp³-hybridized carbons (Fsp3) is 0.571. The van der Waals surface area contributed by atoms with Crippen LogP contribution in [0.5, 0.6) is 0 Å². The molecule has 0 bridgehead atoms. The fourth-order valence-corrected chi connectivity index (χ4v) is 0.954. The summed E-state index contributed by atoms with van der Waals surface area (Å²) < 4.78 is 12.4. The van der Waals surface area contributed by atoms with Crippen molar-refractivity contribution in [3.8, 4) is 6.07 Å². The maximum absolute atomic E-state index is 12.4. The molecule has 0 aromatic carbocycles. The van der Waals surface area contributed by atoms with Gasteiger partial charge in [0.1, 0.15) is 6.17 Å². The van der Waals surface area contributed by atoms with Crippen LogP contribution in [-0.4, -0.2) is 6.17 Å². The first-order chi connectivity index (χ1) is 4.33. The van der Waals surface area contributed by atoms with Crippen LogP contribution in [0.2, 0.25) is 0 Å². The first-order valence-electron chi connectivity index (χ1n) is 3.06. The Kier molecular flexibility index (Phi) is 1.84. The summed E-state index contributed by atoms with van der Waals surface area (Å²) in [6, 6.07) is 1.96. The van der Waals surface area contributed by atoms with E-state index in [2.05, 4.69) is 0 Å². The second-order valence-electron chi connectivity index (χ2n) is 2.22. The van der Waals surface area contributed by atoms with Crippen molar-refractivity contribution in [2.24, 2.45) is 0 Å². The van der Waals surface area contributed by atoms with Crippen molar-refractivity contribution in [1.82, 2.24) is 0 Å². The highest BCUT2D eigenvalue weighted by Gasteiger charge is 2.12. The molecule has 9 heavy (non-hydrogen) atoms. The van der Waals surface area contributed by atoms with Gasteiger partial charge in [-0.3, -0.25) is 0 Å². The lowest BCUT2D eigenvalue weighted by Crippen LogP contribution is -2.05. The van der Waals surface area contributed by atoms with E-state index >= 15 is 0 Å². The molecule has 0 heterocycles. The molecule has 0 saturated heterocycles. The molecule has 2 heteroatoms. The lowest BCUT2D eigenvalue weighted by Gasteiger charge is -2.10. The first-order valence-corrected chi connectivity index (χ1v) is 3.06. The molecule has 0 amide bonds. The van der Waals surface area contributed by atoms with Gasteiger partial charge in [-0.25, -0.2) is 4.39 Å². The maximum Gasteiger partial charge on any atom is 0.105 e. The van der Waals surface area contributed by atoms with Gasteiger partial charge in [0.2, 0.25) is 0 Å². The molecule has 1 unspecified atom stereocenters. The van der Waals surface area contributed by atoms with Gasteiger partial charge in [0.25, 0.3) is 0 Å². The molecule has 1 atom stereocenters.